The second kappa shape index (κ2) is 2.60. The van der Waals surface area contributed by atoms with Crippen LogP contribution in [0.25, 0.3) is 0 Å². The van der Waals surface area contributed by atoms with Gasteiger partial charge in [0, 0.05) is 0 Å². The maximum Gasteiger partial charge on any atom is 0.123 e. The van der Waals surface area contributed by atoms with E-state index in [1.54, 1.807) is 6.07 Å². The van der Waals surface area contributed by atoms with Gasteiger partial charge in [-0.3, -0.25) is 0 Å². The molecule has 1 nitrogen and oxygen atoms in total. The van der Waals surface area contributed by atoms with E-state index < -0.39 is 0 Å². The summed E-state index contributed by atoms with van der Waals surface area (Å²) in [6.45, 7) is 0. The van der Waals surface area contributed by atoms with Crippen LogP contribution in [-0.2, 0) is 12.8 Å². The van der Waals surface area contributed by atoms with Gasteiger partial charge in [0.05, 0.1) is 12.0 Å². The van der Waals surface area contributed by atoms with Crippen molar-refractivity contribution in [2.24, 2.45) is 5.92 Å². The Bertz CT molecular complexity index is 351. The smallest absolute Gasteiger partial charge is 0.123 e. The lowest BCUT2D eigenvalue weighted by atomic mass is 10.1. The van der Waals surface area contributed by atoms with Crippen molar-refractivity contribution in [3.05, 3.63) is 35.1 Å². The maximum atomic E-state index is 12.7. The molecule has 0 saturated carbocycles. The number of halogens is 1. The van der Waals surface area contributed by atoms with E-state index in [0.29, 0.717) is 6.42 Å². The monoisotopic (exact) mass is 161 g/mol. The Kier molecular flexibility index (Phi) is 1.58. The van der Waals surface area contributed by atoms with Crippen LogP contribution >= 0.6 is 0 Å². The van der Waals surface area contributed by atoms with Crippen LogP contribution in [-0.4, -0.2) is 0 Å². The largest absolute Gasteiger partial charge is 0.207 e. The highest BCUT2D eigenvalue weighted by molar-refractivity contribution is 5.34. The van der Waals surface area contributed by atoms with E-state index in [-0.39, 0.29) is 11.7 Å². The van der Waals surface area contributed by atoms with Crippen LogP contribution < -0.4 is 0 Å². The van der Waals surface area contributed by atoms with Gasteiger partial charge in [0.2, 0.25) is 0 Å². The fourth-order valence-corrected chi connectivity index (χ4v) is 1.68. The molecule has 0 amide bonds. The standard InChI is InChI=1S/C10H8FN/c11-10-2-1-8-3-7(6-12)4-9(8)5-10/h1-2,5,7H,3-4H2. The van der Waals surface area contributed by atoms with Crippen molar-refractivity contribution in [1.29, 1.82) is 5.26 Å². The zero-order chi connectivity index (χ0) is 8.55. The minimum Gasteiger partial charge on any atom is -0.207 e. The number of rotatable bonds is 0. The third kappa shape index (κ3) is 1.08. The zero-order valence-electron chi connectivity index (χ0n) is 6.55. The van der Waals surface area contributed by atoms with E-state index in [9.17, 15) is 4.39 Å². The summed E-state index contributed by atoms with van der Waals surface area (Å²) >= 11 is 0. The average molecular weight is 161 g/mol. The molecular formula is C10H8FN. The molecule has 0 bridgehead atoms. The van der Waals surface area contributed by atoms with Crippen LogP contribution in [0.2, 0.25) is 0 Å². The van der Waals surface area contributed by atoms with Gasteiger partial charge in [0.15, 0.2) is 0 Å². The van der Waals surface area contributed by atoms with Crippen molar-refractivity contribution in [3.8, 4) is 6.07 Å². The predicted molar refractivity (Wildman–Crippen MR) is 42.9 cm³/mol. The summed E-state index contributed by atoms with van der Waals surface area (Å²) in [4.78, 5) is 0. The summed E-state index contributed by atoms with van der Waals surface area (Å²) < 4.78 is 12.7. The van der Waals surface area contributed by atoms with Gasteiger partial charge in [0.25, 0.3) is 0 Å². The number of hydrogen-bond donors (Lipinski definition) is 0. The minimum absolute atomic E-state index is 0.0572. The number of fused-ring (bicyclic) bond motifs is 1. The zero-order valence-corrected chi connectivity index (χ0v) is 6.55. The Labute approximate surface area is 70.4 Å². The van der Waals surface area contributed by atoms with Crippen molar-refractivity contribution in [1.82, 2.24) is 0 Å². The molecule has 1 aliphatic carbocycles. The van der Waals surface area contributed by atoms with Crippen molar-refractivity contribution in [3.63, 3.8) is 0 Å². The van der Waals surface area contributed by atoms with E-state index in [1.807, 2.05) is 0 Å². The lowest BCUT2D eigenvalue weighted by molar-refractivity contribution is 0.625. The molecule has 0 N–H and O–H groups in total. The fourth-order valence-electron chi connectivity index (χ4n) is 1.68. The third-order valence-electron chi connectivity index (χ3n) is 2.28. The molecule has 0 radical (unpaired) electrons. The van der Waals surface area contributed by atoms with Crippen LogP contribution in [0.1, 0.15) is 11.1 Å². The predicted octanol–water partition coefficient (Wildman–Crippen LogP) is 2.06. The van der Waals surface area contributed by atoms with Gasteiger partial charge >= 0.3 is 0 Å². The Morgan fingerprint density at radius 2 is 2.08 bits per heavy atom. The number of nitrogens with zero attached hydrogens (tertiary/aromatic N) is 1. The first-order chi connectivity index (χ1) is 5.79. The Morgan fingerprint density at radius 3 is 2.83 bits per heavy atom. The maximum absolute atomic E-state index is 12.7. The van der Waals surface area contributed by atoms with Crippen molar-refractivity contribution >= 4 is 0 Å². The molecule has 60 valence electrons. The van der Waals surface area contributed by atoms with Gasteiger partial charge < -0.3 is 0 Å². The van der Waals surface area contributed by atoms with Crippen LogP contribution in [0.5, 0.6) is 0 Å². The Hall–Kier alpha value is -1.36. The molecule has 0 heterocycles. The molecule has 1 aromatic rings. The molecule has 0 aliphatic heterocycles. The summed E-state index contributed by atoms with van der Waals surface area (Å²) in [5.74, 6) is -0.144. The average Bonchev–Trinajstić information content (AvgIpc) is 2.46. The molecule has 2 rings (SSSR count). The van der Waals surface area contributed by atoms with Crippen molar-refractivity contribution in [2.75, 3.05) is 0 Å². The number of benzene rings is 1. The number of hydrogen-bond acceptors (Lipinski definition) is 1. The Balaban J connectivity index is 2.37. The highest BCUT2D eigenvalue weighted by Gasteiger charge is 2.20. The molecule has 2 heteroatoms. The molecule has 0 spiro atoms. The summed E-state index contributed by atoms with van der Waals surface area (Å²) in [5, 5.41) is 8.66. The molecule has 12 heavy (non-hydrogen) atoms. The summed E-state index contributed by atoms with van der Waals surface area (Å²) in [6.07, 6.45) is 1.50. The second-order valence-electron chi connectivity index (χ2n) is 3.15. The molecule has 0 saturated heterocycles. The quantitative estimate of drug-likeness (QED) is 0.571. The van der Waals surface area contributed by atoms with Crippen molar-refractivity contribution in [2.45, 2.75) is 12.8 Å². The lowest BCUT2D eigenvalue weighted by Gasteiger charge is -1.95. The van der Waals surface area contributed by atoms with E-state index in [4.69, 9.17) is 5.26 Å². The van der Waals surface area contributed by atoms with Crippen LogP contribution in [0, 0.1) is 23.1 Å². The lowest BCUT2D eigenvalue weighted by Crippen LogP contribution is -1.92. The van der Waals surface area contributed by atoms with Crippen molar-refractivity contribution < 1.29 is 4.39 Å². The van der Waals surface area contributed by atoms with Gasteiger partial charge in [-0.05, 0) is 36.1 Å². The second-order valence-corrected chi connectivity index (χ2v) is 3.15. The molecule has 1 unspecified atom stereocenters. The van der Waals surface area contributed by atoms with Crippen LogP contribution in [0.3, 0.4) is 0 Å². The molecule has 1 aliphatic rings. The van der Waals surface area contributed by atoms with Crippen LogP contribution in [0.15, 0.2) is 18.2 Å². The first-order valence-electron chi connectivity index (χ1n) is 3.96. The molecular weight excluding hydrogens is 153 g/mol. The normalized spacial score (nSPS) is 20.2. The topological polar surface area (TPSA) is 23.8 Å². The van der Waals surface area contributed by atoms with E-state index in [2.05, 4.69) is 6.07 Å². The highest BCUT2D eigenvalue weighted by Crippen LogP contribution is 2.26. The molecule has 0 fully saturated rings. The van der Waals surface area contributed by atoms with E-state index in [1.165, 1.54) is 12.1 Å². The highest BCUT2D eigenvalue weighted by atomic mass is 19.1. The molecule has 1 atom stereocenters. The molecule has 0 aromatic heterocycles. The van der Waals surface area contributed by atoms with Crippen LogP contribution in [0.4, 0.5) is 4.39 Å². The third-order valence-corrected chi connectivity index (χ3v) is 2.28. The summed E-state index contributed by atoms with van der Waals surface area (Å²) in [5.41, 5.74) is 2.13. The minimum atomic E-state index is -0.202. The first-order valence-corrected chi connectivity index (χ1v) is 3.96. The fraction of sp³-hybridized carbons (Fsp3) is 0.300. The van der Waals surface area contributed by atoms with Gasteiger partial charge in [-0.1, -0.05) is 6.07 Å². The van der Waals surface area contributed by atoms with Gasteiger partial charge in [0.1, 0.15) is 5.82 Å². The van der Waals surface area contributed by atoms with Gasteiger partial charge in [-0.2, -0.15) is 5.26 Å². The van der Waals surface area contributed by atoms with Gasteiger partial charge in [-0.25, -0.2) is 4.39 Å². The van der Waals surface area contributed by atoms with E-state index in [0.717, 1.165) is 17.5 Å². The SMILES string of the molecule is N#CC1Cc2ccc(F)cc2C1. The van der Waals surface area contributed by atoms with E-state index >= 15 is 0 Å². The molecule has 1 aromatic carbocycles. The summed E-state index contributed by atoms with van der Waals surface area (Å²) in [7, 11) is 0. The first kappa shape index (κ1) is 7.30. The summed E-state index contributed by atoms with van der Waals surface area (Å²) in [6, 6.07) is 6.98. The Morgan fingerprint density at radius 1 is 1.33 bits per heavy atom. The number of nitriles is 1. The van der Waals surface area contributed by atoms with Gasteiger partial charge in [-0.15, -0.1) is 0 Å².